The van der Waals surface area contributed by atoms with Crippen molar-refractivity contribution in [2.24, 2.45) is 0 Å². The van der Waals surface area contributed by atoms with Gasteiger partial charge in [0.05, 0.1) is 12.0 Å². The van der Waals surface area contributed by atoms with Crippen LogP contribution < -0.4 is 5.32 Å². The Bertz CT molecular complexity index is 1250. The zero-order valence-electron chi connectivity index (χ0n) is 16.4. The molecule has 160 valence electrons. The van der Waals surface area contributed by atoms with Gasteiger partial charge in [-0.1, -0.05) is 41.9 Å². The van der Waals surface area contributed by atoms with Crippen LogP contribution >= 0.6 is 11.6 Å². The van der Waals surface area contributed by atoms with Gasteiger partial charge in [-0.3, -0.25) is 4.79 Å². The number of pyridine rings is 1. The maximum absolute atomic E-state index is 12.9. The number of rotatable bonds is 7. The largest absolute Gasteiger partial charge is 0.465 e. The highest BCUT2D eigenvalue weighted by molar-refractivity contribution is 6.32. The SMILES string of the molecule is O=C(COC(=O)C(=Cc1ccco1)n1nnnc1-c1ccccc1)Nc1cccnc1Cl. The van der Waals surface area contributed by atoms with Gasteiger partial charge in [0, 0.05) is 17.8 Å². The van der Waals surface area contributed by atoms with E-state index in [4.69, 9.17) is 20.8 Å². The first-order valence-corrected chi connectivity index (χ1v) is 9.66. The number of halogens is 1. The second kappa shape index (κ2) is 9.67. The average molecular weight is 451 g/mol. The normalized spacial score (nSPS) is 11.2. The van der Waals surface area contributed by atoms with Crippen LogP contribution in [0.1, 0.15) is 5.76 Å². The molecule has 0 unspecified atom stereocenters. The van der Waals surface area contributed by atoms with E-state index in [1.165, 1.54) is 23.2 Å². The van der Waals surface area contributed by atoms with E-state index >= 15 is 0 Å². The van der Waals surface area contributed by atoms with Gasteiger partial charge in [0.25, 0.3) is 5.91 Å². The quantitative estimate of drug-likeness (QED) is 0.258. The smallest absolute Gasteiger partial charge is 0.357 e. The Kier molecular flexibility index (Phi) is 6.33. The summed E-state index contributed by atoms with van der Waals surface area (Å²) < 4.78 is 11.7. The van der Waals surface area contributed by atoms with Gasteiger partial charge in [0.1, 0.15) is 5.76 Å². The summed E-state index contributed by atoms with van der Waals surface area (Å²) in [6, 6.07) is 15.6. The number of hydrogen-bond donors (Lipinski definition) is 1. The minimum Gasteiger partial charge on any atom is -0.465 e. The van der Waals surface area contributed by atoms with E-state index in [2.05, 4.69) is 25.8 Å². The van der Waals surface area contributed by atoms with Gasteiger partial charge in [-0.15, -0.1) is 5.10 Å². The number of carbonyl (C=O) groups is 2. The molecule has 0 radical (unpaired) electrons. The predicted octanol–water partition coefficient (Wildman–Crippen LogP) is 3.16. The number of benzene rings is 1. The minimum absolute atomic E-state index is 0.0454. The van der Waals surface area contributed by atoms with Crippen molar-refractivity contribution in [3.63, 3.8) is 0 Å². The van der Waals surface area contributed by atoms with Crippen LogP contribution in [-0.2, 0) is 14.3 Å². The molecule has 11 heteroatoms. The first-order valence-electron chi connectivity index (χ1n) is 9.28. The summed E-state index contributed by atoms with van der Waals surface area (Å²) in [5.74, 6) is -0.742. The summed E-state index contributed by atoms with van der Waals surface area (Å²) >= 11 is 5.93. The Labute approximate surface area is 186 Å². The molecule has 0 aliphatic rings. The predicted molar refractivity (Wildman–Crippen MR) is 115 cm³/mol. The fourth-order valence-corrected chi connectivity index (χ4v) is 2.87. The maximum atomic E-state index is 12.9. The molecular formula is C21H15ClN6O4. The van der Waals surface area contributed by atoms with Gasteiger partial charge in [0.2, 0.25) is 0 Å². The molecule has 1 aromatic carbocycles. The summed E-state index contributed by atoms with van der Waals surface area (Å²) in [6.07, 6.45) is 4.36. The first kappa shape index (κ1) is 20.9. The second-order valence-electron chi connectivity index (χ2n) is 6.29. The second-order valence-corrected chi connectivity index (χ2v) is 6.65. The van der Waals surface area contributed by atoms with Gasteiger partial charge >= 0.3 is 5.97 Å². The van der Waals surface area contributed by atoms with Crippen molar-refractivity contribution in [3.05, 3.63) is 78.0 Å². The maximum Gasteiger partial charge on any atom is 0.357 e. The molecule has 0 atom stereocenters. The number of esters is 1. The Balaban J connectivity index is 1.56. The first-order chi connectivity index (χ1) is 15.6. The monoisotopic (exact) mass is 450 g/mol. The van der Waals surface area contributed by atoms with E-state index in [1.807, 2.05) is 18.2 Å². The van der Waals surface area contributed by atoms with Gasteiger partial charge in [-0.2, -0.15) is 4.68 Å². The third-order valence-corrected chi connectivity index (χ3v) is 4.43. The summed E-state index contributed by atoms with van der Waals surface area (Å²) in [5, 5.41) is 14.2. The van der Waals surface area contributed by atoms with Crippen LogP contribution in [0.15, 0.2) is 71.5 Å². The lowest BCUT2D eigenvalue weighted by molar-refractivity contribution is -0.141. The van der Waals surface area contributed by atoms with Crippen LogP contribution in [0.5, 0.6) is 0 Å². The fraction of sp³-hybridized carbons (Fsp3) is 0.0476. The average Bonchev–Trinajstić information content (AvgIpc) is 3.50. The number of anilines is 1. The van der Waals surface area contributed by atoms with E-state index in [9.17, 15) is 9.59 Å². The fourth-order valence-electron chi connectivity index (χ4n) is 2.70. The lowest BCUT2D eigenvalue weighted by Crippen LogP contribution is -2.23. The molecule has 0 aliphatic carbocycles. The van der Waals surface area contributed by atoms with Crippen LogP contribution in [0.3, 0.4) is 0 Å². The molecule has 0 spiro atoms. The molecule has 0 bridgehead atoms. The summed E-state index contributed by atoms with van der Waals surface area (Å²) in [4.78, 5) is 29.0. The van der Waals surface area contributed by atoms with Crippen LogP contribution in [0.25, 0.3) is 23.2 Å². The Morgan fingerprint density at radius 3 is 2.72 bits per heavy atom. The van der Waals surface area contributed by atoms with Crippen molar-refractivity contribution < 1.29 is 18.7 Å². The van der Waals surface area contributed by atoms with Crippen LogP contribution in [0.4, 0.5) is 5.69 Å². The van der Waals surface area contributed by atoms with E-state index < -0.39 is 18.5 Å². The molecule has 10 nitrogen and oxygen atoms in total. The number of amides is 1. The molecule has 0 aliphatic heterocycles. The molecule has 0 saturated heterocycles. The molecule has 32 heavy (non-hydrogen) atoms. The molecular weight excluding hydrogens is 436 g/mol. The molecule has 3 aromatic heterocycles. The molecule has 4 aromatic rings. The van der Waals surface area contributed by atoms with Gasteiger partial charge < -0.3 is 14.5 Å². The zero-order chi connectivity index (χ0) is 22.3. The highest BCUT2D eigenvalue weighted by Crippen LogP contribution is 2.21. The van der Waals surface area contributed by atoms with Crippen LogP contribution in [-0.4, -0.2) is 43.7 Å². The number of aromatic nitrogens is 5. The molecule has 4 rings (SSSR count). The van der Waals surface area contributed by atoms with E-state index in [0.717, 1.165) is 0 Å². The number of tetrazole rings is 1. The summed E-state index contributed by atoms with van der Waals surface area (Å²) in [5.41, 5.74) is 0.934. The summed E-state index contributed by atoms with van der Waals surface area (Å²) in [7, 11) is 0. The number of ether oxygens (including phenoxy) is 1. The van der Waals surface area contributed by atoms with E-state index in [0.29, 0.717) is 22.8 Å². The molecule has 1 N–H and O–H groups in total. The van der Waals surface area contributed by atoms with Crippen molar-refractivity contribution in [1.82, 2.24) is 25.2 Å². The van der Waals surface area contributed by atoms with E-state index in [1.54, 1.807) is 36.4 Å². The highest BCUT2D eigenvalue weighted by Gasteiger charge is 2.22. The minimum atomic E-state index is -0.835. The third kappa shape index (κ3) is 4.87. The lowest BCUT2D eigenvalue weighted by Gasteiger charge is -2.10. The van der Waals surface area contributed by atoms with Crippen molar-refractivity contribution >= 4 is 40.9 Å². The number of furan rings is 1. The van der Waals surface area contributed by atoms with Crippen LogP contribution in [0.2, 0.25) is 5.15 Å². The van der Waals surface area contributed by atoms with Gasteiger partial charge in [-0.05, 0) is 34.7 Å². The standard InChI is InChI=1S/C21H15ClN6O4/c22-19-16(9-4-10-23-19)24-18(29)13-32-21(30)17(12-15-8-5-11-31-15)28-20(25-26-27-28)14-6-2-1-3-7-14/h1-12H,13H2,(H,24,29). The van der Waals surface area contributed by atoms with Crippen molar-refractivity contribution in [2.45, 2.75) is 0 Å². The molecule has 0 saturated carbocycles. The Morgan fingerprint density at radius 1 is 1.12 bits per heavy atom. The number of nitrogens with zero attached hydrogens (tertiary/aromatic N) is 5. The van der Waals surface area contributed by atoms with Crippen molar-refractivity contribution in [1.29, 1.82) is 0 Å². The number of carbonyl (C=O) groups excluding carboxylic acids is 2. The lowest BCUT2D eigenvalue weighted by atomic mass is 10.2. The third-order valence-electron chi connectivity index (χ3n) is 4.13. The Morgan fingerprint density at radius 2 is 1.97 bits per heavy atom. The topological polar surface area (TPSA) is 125 Å². The highest BCUT2D eigenvalue weighted by atomic mass is 35.5. The van der Waals surface area contributed by atoms with Crippen LogP contribution in [0, 0.1) is 0 Å². The zero-order valence-corrected chi connectivity index (χ0v) is 17.1. The number of nitrogens with one attached hydrogen (secondary N) is 1. The van der Waals surface area contributed by atoms with Gasteiger partial charge in [-0.25, -0.2) is 9.78 Å². The van der Waals surface area contributed by atoms with Gasteiger partial charge in [0.15, 0.2) is 23.3 Å². The molecule has 3 heterocycles. The molecule has 1 amide bonds. The Hall–Kier alpha value is -4.31. The van der Waals surface area contributed by atoms with Crippen molar-refractivity contribution in [2.75, 3.05) is 11.9 Å². The van der Waals surface area contributed by atoms with Crippen molar-refractivity contribution in [3.8, 4) is 11.4 Å². The van der Waals surface area contributed by atoms with E-state index in [-0.39, 0.29) is 10.9 Å². The number of hydrogen-bond acceptors (Lipinski definition) is 8. The summed E-state index contributed by atoms with van der Waals surface area (Å²) in [6.45, 7) is -0.567. The molecule has 0 fully saturated rings.